The van der Waals surface area contributed by atoms with E-state index in [2.05, 4.69) is 15.8 Å². The molecule has 2 rings (SSSR count). The summed E-state index contributed by atoms with van der Waals surface area (Å²) in [4.78, 5) is 26.9. The number of hydrazine groups is 1. The Kier molecular flexibility index (Phi) is 6.47. The van der Waals surface area contributed by atoms with Crippen molar-refractivity contribution in [3.05, 3.63) is 58.8 Å². The Morgan fingerprint density at radius 2 is 1.89 bits per heavy atom. The summed E-state index contributed by atoms with van der Waals surface area (Å²) in [5.74, 6) is -1.97. The van der Waals surface area contributed by atoms with Gasteiger partial charge >= 0.3 is 12.1 Å². The third-order valence-electron chi connectivity index (χ3n) is 3.38. The number of nitrogens with zero attached hydrogens (tertiary/aromatic N) is 1. The molecule has 148 valence electrons. The molecule has 0 unspecified atom stereocenters. The van der Waals surface area contributed by atoms with Crippen LogP contribution < -0.4 is 15.6 Å². The molecule has 0 aliphatic heterocycles. The molecule has 3 N–H and O–H groups in total. The zero-order valence-electron chi connectivity index (χ0n) is 14.2. The van der Waals surface area contributed by atoms with Crippen molar-refractivity contribution in [2.45, 2.75) is 6.18 Å². The standard InChI is InChI=1S/C17H13ClF3N3O4/c1-28-11-4-2-9(3-5-11)12(16(26)27)7-14(25)23-24-15-13(18)6-10(8-22-15)17(19,20)21/h2-8H,1H3,(H,22,24)(H,23,25)(H,26,27). The molecular formula is C17H13ClF3N3O4. The van der Waals surface area contributed by atoms with Gasteiger partial charge < -0.3 is 9.84 Å². The molecule has 1 aromatic heterocycles. The monoisotopic (exact) mass is 415 g/mol. The first-order valence-electron chi connectivity index (χ1n) is 7.50. The van der Waals surface area contributed by atoms with Crippen molar-refractivity contribution in [3.63, 3.8) is 0 Å². The molecule has 0 saturated carbocycles. The summed E-state index contributed by atoms with van der Waals surface area (Å²) < 4.78 is 42.7. The number of hydrogen-bond acceptors (Lipinski definition) is 5. The molecule has 0 fully saturated rings. The summed E-state index contributed by atoms with van der Waals surface area (Å²) in [6, 6.07) is 6.59. The number of ether oxygens (including phenoxy) is 1. The van der Waals surface area contributed by atoms with Crippen molar-refractivity contribution in [2.75, 3.05) is 12.5 Å². The highest BCUT2D eigenvalue weighted by atomic mass is 35.5. The van der Waals surface area contributed by atoms with E-state index >= 15 is 0 Å². The number of aromatic nitrogens is 1. The SMILES string of the molecule is COc1ccc(C(=CC(=O)NNc2ncc(C(F)(F)F)cc2Cl)C(=O)O)cc1. The summed E-state index contributed by atoms with van der Waals surface area (Å²) in [7, 11) is 1.45. The summed E-state index contributed by atoms with van der Waals surface area (Å²) in [6.45, 7) is 0. The fraction of sp³-hybridized carbons (Fsp3) is 0.118. The number of carboxylic acids is 1. The quantitative estimate of drug-likeness (QED) is 0.494. The number of methoxy groups -OCH3 is 1. The van der Waals surface area contributed by atoms with Crippen LogP contribution in [0, 0.1) is 0 Å². The van der Waals surface area contributed by atoms with Crippen molar-refractivity contribution in [3.8, 4) is 5.75 Å². The van der Waals surface area contributed by atoms with Crippen LogP contribution in [0.5, 0.6) is 5.75 Å². The second-order valence-electron chi connectivity index (χ2n) is 5.26. The zero-order valence-corrected chi connectivity index (χ0v) is 14.9. The van der Waals surface area contributed by atoms with E-state index in [4.69, 9.17) is 16.3 Å². The van der Waals surface area contributed by atoms with Gasteiger partial charge in [0.05, 0.1) is 23.3 Å². The molecule has 1 aromatic carbocycles. The van der Waals surface area contributed by atoms with Gasteiger partial charge in [-0.2, -0.15) is 13.2 Å². The number of aliphatic carboxylic acids is 1. The zero-order chi connectivity index (χ0) is 20.9. The molecule has 0 bridgehead atoms. The van der Waals surface area contributed by atoms with E-state index in [0.29, 0.717) is 18.0 Å². The number of anilines is 1. The Morgan fingerprint density at radius 3 is 2.39 bits per heavy atom. The van der Waals surface area contributed by atoms with Crippen LogP contribution >= 0.6 is 11.6 Å². The first kappa shape index (κ1) is 21.0. The van der Waals surface area contributed by atoms with Crippen LogP contribution in [0.4, 0.5) is 19.0 Å². The summed E-state index contributed by atoms with van der Waals surface area (Å²) in [5, 5.41) is 8.92. The minimum absolute atomic E-state index is 0.238. The lowest BCUT2D eigenvalue weighted by molar-refractivity contribution is -0.137. The van der Waals surface area contributed by atoms with E-state index in [9.17, 15) is 27.9 Å². The number of rotatable bonds is 6. The number of alkyl halides is 3. The molecule has 1 amide bonds. The maximum Gasteiger partial charge on any atom is 0.417 e. The van der Waals surface area contributed by atoms with Gasteiger partial charge in [0.25, 0.3) is 5.91 Å². The molecule has 0 radical (unpaired) electrons. The number of pyridine rings is 1. The first-order chi connectivity index (χ1) is 13.1. The number of carbonyl (C=O) groups excluding carboxylic acids is 1. The van der Waals surface area contributed by atoms with Crippen LogP contribution in [0.25, 0.3) is 5.57 Å². The minimum Gasteiger partial charge on any atom is -0.497 e. The van der Waals surface area contributed by atoms with E-state index < -0.39 is 23.6 Å². The average Bonchev–Trinajstić information content (AvgIpc) is 2.64. The number of hydrogen-bond donors (Lipinski definition) is 3. The third kappa shape index (κ3) is 5.36. The van der Waals surface area contributed by atoms with E-state index in [1.807, 2.05) is 0 Å². The summed E-state index contributed by atoms with van der Waals surface area (Å²) in [5.41, 5.74) is 3.21. The molecule has 0 saturated heterocycles. The Bertz CT molecular complexity index is 915. The Hall–Kier alpha value is -3.27. The summed E-state index contributed by atoms with van der Waals surface area (Å²) in [6.07, 6.45) is -3.28. The van der Waals surface area contributed by atoms with Crippen LogP contribution in [-0.2, 0) is 15.8 Å². The molecule has 1 heterocycles. The predicted octanol–water partition coefficient (Wildman–Crippen LogP) is 3.37. The van der Waals surface area contributed by atoms with Crippen molar-refractivity contribution in [1.29, 1.82) is 0 Å². The molecule has 0 aliphatic rings. The molecule has 0 aliphatic carbocycles. The average molecular weight is 416 g/mol. The molecular weight excluding hydrogens is 403 g/mol. The Morgan fingerprint density at radius 1 is 1.25 bits per heavy atom. The van der Waals surface area contributed by atoms with Gasteiger partial charge in [0, 0.05) is 12.3 Å². The highest BCUT2D eigenvalue weighted by molar-refractivity contribution is 6.33. The number of carbonyl (C=O) groups is 2. The van der Waals surface area contributed by atoms with Gasteiger partial charge in [-0.25, -0.2) is 9.78 Å². The van der Waals surface area contributed by atoms with Crippen LogP contribution in [0.15, 0.2) is 42.6 Å². The van der Waals surface area contributed by atoms with Gasteiger partial charge in [-0.3, -0.25) is 15.6 Å². The van der Waals surface area contributed by atoms with E-state index in [1.165, 1.54) is 31.4 Å². The maximum absolute atomic E-state index is 12.6. The first-order valence-corrected chi connectivity index (χ1v) is 7.87. The van der Waals surface area contributed by atoms with Gasteiger partial charge in [0.1, 0.15) is 5.75 Å². The lowest BCUT2D eigenvalue weighted by Gasteiger charge is -2.11. The lowest BCUT2D eigenvalue weighted by Crippen LogP contribution is -2.29. The fourth-order valence-electron chi connectivity index (χ4n) is 2.01. The van der Waals surface area contributed by atoms with Gasteiger partial charge in [0.15, 0.2) is 5.82 Å². The molecule has 11 heteroatoms. The van der Waals surface area contributed by atoms with Crippen LogP contribution in [-0.4, -0.2) is 29.1 Å². The van der Waals surface area contributed by atoms with Crippen LogP contribution in [0.1, 0.15) is 11.1 Å². The van der Waals surface area contributed by atoms with E-state index in [-0.39, 0.29) is 22.0 Å². The Balaban J connectivity index is 2.13. The third-order valence-corrected chi connectivity index (χ3v) is 3.67. The molecule has 0 spiro atoms. The number of carboxylic acid groups (broad SMARTS) is 1. The number of nitrogens with one attached hydrogen (secondary N) is 2. The number of halogens is 4. The molecule has 7 nitrogen and oxygen atoms in total. The molecule has 28 heavy (non-hydrogen) atoms. The van der Waals surface area contributed by atoms with Crippen molar-refractivity contribution >= 4 is 34.9 Å². The largest absolute Gasteiger partial charge is 0.497 e. The summed E-state index contributed by atoms with van der Waals surface area (Å²) >= 11 is 5.70. The highest BCUT2D eigenvalue weighted by Gasteiger charge is 2.31. The topological polar surface area (TPSA) is 101 Å². The van der Waals surface area contributed by atoms with Gasteiger partial charge in [-0.15, -0.1) is 0 Å². The second kappa shape index (κ2) is 8.61. The molecule has 0 atom stereocenters. The number of benzene rings is 1. The van der Waals surface area contributed by atoms with E-state index in [1.54, 1.807) is 0 Å². The normalized spacial score (nSPS) is 11.7. The lowest BCUT2D eigenvalue weighted by atomic mass is 10.1. The Labute approximate surface area is 161 Å². The van der Waals surface area contributed by atoms with E-state index in [0.717, 1.165) is 6.08 Å². The second-order valence-corrected chi connectivity index (χ2v) is 5.67. The predicted molar refractivity (Wildman–Crippen MR) is 94.6 cm³/mol. The number of amides is 1. The van der Waals surface area contributed by atoms with Crippen LogP contribution in [0.2, 0.25) is 5.02 Å². The van der Waals surface area contributed by atoms with Gasteiger partial charge in [-0.1, -0.05) is 23.7 Å². The highest BCUT2D eigenvalue weighted by Crippen LogP contribution is 2.32. The van der Waals surface area contributed by atoms with Crippen LogP contribution in [0.3, 0.4) is 0 Å². The molecule has 2 aromatic rings. The van der Waals surface area contributed by atoms with Crippen molar-refractivity contribution in [2.24, 2.45) is 0 Å². The fourth-order valence-corrected chi connectivity index (χ4v) is 2.23. The van der Waals surface area contributed by atoms with Crippen molar-refractivity contribution < 1.29 is 32.6 Å². The smallest absolute Gasteiger partial charge is 0.417 e. The van der Waals surface area contributed by atoms with Gasteiger partial charge in [0.2, 0.25) is 0 Å². The minimum atomic E-state index is -4.62. The maximum atomic E-state index is 12.6. The van der Waals surface area contributed by atoms with Gasteiger partial charge in [-0.05, 0) is 23.8 Å². The van der Waals surface area contributed by atoms with Crippen molar-refractivity contribution in [1.82, 2.24) is 10.4 Å².